The number of rotatable bonds is 2. The molecule has 0 bridgehead atoms. The molecule has 1 heterocycles. The van der Waals surface area contributed by atoms with E-state index in [0.717, 1.165) is 0 Å². The Labute approximate surface area is 101 Å². The third-order valence-corrected chi connectivity index (χ3v) is 2.67. The number of aryl methyl sites for hydroxylation is 2. The van der Waals surface area contributed by atoms with Gasteiger partial charge in [-0.3, -0.25) is 4.79 Å². The van der Waals surface area contributed by atoms with Crippen LogP contribution in [0.1, 0.15) is 52.9 Å². The van der Waals surface area contributed by atoms with E-state index in [2.05, 4.69) is 4.98 Å². The second kappa shape index (κ2) is 4.35. The summed E-state index contributed by atoms with van der Waals surface area (Å²) in [5, 5.41) is 0. The first kappa shape index (κ1) is 13.5. The molecule has 0 aromatic carbocycles. The van der Waals surface area contributed by atoms with Crippen LogP contribution >= 0.6 is 0 Å². The van der Waals surface area contributed by atoms with Crippen molar-refractivity contribution in [3.05, 3.63) is 22.5 Å². The predicted octanol–water partition coefficient (Wildman–Crippen LogP) is 2.65. The lowest BCUT2D eigenvalue weighted by molar-refractivity contribution is 0.0594. The first-order chi connectivity index (χ1) is 7.70. The number of carbonyl (C=O) groups is 2. The zero-order valence-electron chi connectivity index (χ0n) is 11.2. The zero-order valence-corrected chi connectivity index (χ0v) is 11.2. The van der Waals surface area contributed by atoms with Gasteiger partial charge in [0, 0.05) is 16.8 Å². The molecular weight excluding hydrogens is 218 g/mol. The number of carbonyl (C=O) groups excluding carboxylic acids is 2. The van der Waals surface area contributed by atoms with E-state index in [0.29, 0.717) is 22.5 Å². The Morgan fingerprint density at radius 3 is 1.94 bits per heavy atom. The average molecular weight is 237 g/mol. The van der Waals surface area contributed by atoms with Crippen LogP contribution in [0.5, 0.6) is 0 Å². The maximum Gasteiger partial charge on any atom is 0.340 e. The Kier molecular flexibility index (Phi) is 3.45. The van der Waals surface area contributed by atoms with Crippen molar-refractivity contribution in [1.82, 2.24) is 4.98 Å². The summed E-state index contributed by atoms with van der Waals surface area (Å²) in [5.74, 6) is -0.529. The van der Waals surface area contributed by atoms with Crippen molar-refractivity contribution in [2.45, 2.75) is 34.6 Å². The summed E-state index contributed by atoms with van der Waals surface area (Å²) in [6.45, 7) is 9.05. The van der Waals surface area contributed by atoms with E-state index in [1.165, 1.54) is 7.11 Å². The van der Waals surface area contributed by atoms with Crippen LogP contribution in [-0.4, -0.2) is 23.8 Å². The molecule has 4 nitrogen and oxygen atoms in total. The van der Waals surface area contributed by atoms with Gasteiger partial charge in [-0.25, -0.2) is 4.79 Å². The molecule has 0 amide bonds. The molecule has 0 radical (unpaired) electrons. The van der Waals surface area contributed by atoms with Crippen LogP contribution in [0.2, 0.25) is 0 Å². The van der Waals surface area contributed by atoms with E-state index in [9.17, 15) is 9.59 Å². The van der Waals surface area contributed by atoms with Gasteiger partial charge in [0.1, 0.15) is 0 Å². The lowest BCUT2D eigenvalue weighted by Gasteiger charge is -2.17. The van der Waals surface area contributed by atoms with Crippen molar-refractivity contribution in [3.8, 4) is 0 Å². The predicted molar refractivity (Wildman–Crippen MR) is 65.4 cm³/mol. The molecule has 17 heavy (non-hydrogen) atoms. The Balaban J connectivity index is 3.43. The minimum atomic E-state index is -0.526. The van der Waals surface area contributed by atoms with Gasteiger partial charge in [0.25, 0.3) is 0 Å². The molecule has 0 fully saturated rings. The molecule has 1 aromatic heterocycles. The van der Waals surface area contributed by atoms with Crippen LogP contribution in [0.15, 0.2) is 0 Å². The number of aromatic nitrogens is 1. The summed E-state index contributed by atoms with van der Waals surface area (Å²) < 4.78 is 4.72. The Hall–Kier alpha value is -1.58. The summed E-state index contributed by atoms with van der Waals surface area (Å²) in [5.41, 5.74) is 1.65. The number of methoxy groups -OCH3 is 1. The maximum absolute atomic E-state index is 12.3. The molecule has 1 N–H and O–H groups in total. The lowest BCUT2D eigenvalue weighted by Crippen LogP contribution is -2.23. The number of nitrogens with one attached hydrogen (secondary N) is 1. The highest BCUT2D eigenvalue weighted by atomic mass is 16.5. The number of esters is 1. The standard InChI is InChI=1S/C13H19NO3/c1-7-9(11(15)13(3,4)5)10(8(2)14-7)12(16)17-6/h14H,1-6H3. The Morgan fingerprint density at radius 1 is 1.06 bits per heavy atom. The highest BCUT2D eigenvalue weighted by Crippen LogP contribution is 2.27. The molecule has 1 rings (SSSR count). The molecule has 0 aliphatic heterocycles. The number of hydrogen-bond donors (Lipinski definition) is 1. The highest BCUT2D eigenvalue weighted by molar-refractivity contribution is 6.10. The van der Waals surface area contributed by atoms with Crippen LogP contribution in [0.3, 0.4) is 0 Å². The van der Waals surface area contributed by atoms with Gasteiger partial charge in [-0.15, -0.1) is 0 Å². The van der Waals surface area contributed by atoms with E-state index < -0.39 is 11.4 Å². The summed E-state index contributed by atoms with van der Waals surface area (Å²) in [6, 6.07) is 0. The lowest BCUT2D eigenvalue weighted by atomic mass is 9.85. The smallest absolute Gasteiger partial charge is 0.340 e. The van der Waals surface area contributed by atoms with Gasteiger partial charge in [0.15, 0.2) is 5.78 Å². The number of Topliss-reactive ketones (excluding diaryl/α,β-unsaturated/α-hetero) is 1. The first-order valence-corrected chi connectivity index (χ1v) is 5.52. The second-order valence-electron chi connectivity index (χ2n) is 5.20. The Bertz CT molecular complexity index is 464. The van der Waals surface area contributed by atoms with Crippen LogP contribution < -0.4 is 0 Å². The molecule has 0 aliphatic rings. The van der Waals surface area contributed by atoms with Crippen molar-refractivity contribution < 1.29 is 14.3 Å². The zero-order chi connectivity index (χ0) is 13.4. The highest BCUT2D eigenvalue weighted by Gasteiger charge is 2.31. The molecule has 0 spiro atoms. The Morgan fingerprint density at radius 2 is 1.53 bits per heavy atom. The molecule has 4 heteroatoms. The van der Waals surface area contributed by atoms with Crippen LogP contribution in [-0.2, 0) is 4.74 Å². The van der Waals surface area contributed by atoms with Crippen molar-refractivity contribution in [2.24, 2.45) is 5.41 Å². The van der Waals surface area contributed by atoms with E-state index >= 15 is 0 Å². The largest absolute Gasteiger partial charge is 0.465 e. The van der Waals surface area contributed by atoms with Crippen LogP contribution in [0.25, 0.3) is 0 Å². The summed E-state index contributed by atoms with van der Waals surface area (Å²) in [7, 11) is 1.31. The maximum atomic E-state index is 12.3. The molecule has 0 aliphatic carbocycles. The molecular formula is C13H19NO3. The van der Waals surface area contributed by atoms with Gasteiger partial charge in [-0.2, -0.15) is 0 Å². The fourth-order valence-corrected chi connectivity index (χ4v) is 1.80. The molecule has 0 saturated heterocycles. The third-order valence-electron chi connectivity index (χ3n) is 2.67. The van der Waals surface area contributed by atoms with Gasteiger partial charge in [0.05, 0.1) is 18.2 Å². The van der Waals surface area contributed by atoms with E-state index in [1.54, 1.807) is 13.8 Å². The minimum Gasteiger partial charge on any atom is -0.465 e. The van der Waals surface area contributed by atoms with E-state index in [4.69, 9.17) is 4.74 Å². The summed E-state index contributed by atoms with van der Waals surface area (Å²) >= 11 is 0. The van der Waals surface area contributed by atoms with Crippen molar-refractivity contribution in [1.29, 1.82) is 0 Å². The van der Waals surface area contributed by atoms with Gasteiger partial charge in [-0.1, -0.05) is 20.8 Å². The van der Waals surface area contributed by atoms with Crippen LogP contribution in [0.4, 0.5) is 0 Å². The van der Waals surface area contributed by atoms with Crippen LogP contribution in [0, 0.1) is 19.3 Å². The number of aromatic amines is 1. The van der Waals surface area contributed by atoms with Gasteiger partial charge in [0.2, 0.25) is 0 Å². The molecule has 0 atom stereocenters. The minimum absolute atomic E-state index is 0.0558. The van der Waals surface area contributed by atoms with Gasteiger partial charge in [-0.05, 0) is 13.8 Å². The van der Waals surface area contributed by atoms with Crippen molar-refractivity contribution >= 4 is 11.8 Å². The van der Waals surface area contributed by atoms with E-state index in [1.807, 2.05) is 20.8 Å². The monoisotopic (exact) mass is 237 g/mol. The number of hydrogen-bond acceptors (Lipinski definition) is 3. The van der Waals surface area contributed by atoms with Crippen molar-refractivity contribution in [2.75, 3.05) is 7.11 Å². The molecule has 94 valence electrons. The summed E-state index contributed by atoms with van der Waals surface area (Å²) in [6.07, 6.45) is 0. The first-order valence-electron chi connectivity index (χ1n) is 5.52. The van der Waals surface area contributed by atoms with Gasteiger partial charge < -0.3 is 9.72 Å². The molecule has 0 unspecified atom stereocenters. The van der Waals surface area contributed by atoms with Gasteiger partial charge >= 0.3 is 5.97 Å². The second-order valence-corrected chi connectivity index (χ2v) is 5.20. The quantitative estimate of drug-likeness (QED) is 0.635. The molecule has 1 aromatic rings. The number of ether oxygens (including phenoxy) is 1. The SMILES string of the molecule is COC(=O)c1c(C)[nH]c(C)c1C(=O)C(C)(C)C. The van der Waals surface area contributed by atoms with Crippen molar-refractivity contribution in [3.63, 3.8) is 0 Å². The summed E-state index contributed by atoms with van der Waals surface area (Å²) in [4.78, 5) is 27.0. The number of ketones is 1. The topological polar surface area (TPSA) is 59.2 Å². The normalized spacial score (nSPS) is 11.4. The number of H-pyrrole nitrogens is 1. The average Bonchev–Trinajstić information content (AvgIpc) is 2.49. The molecule has 0 saturated carbocycles. The fourth-order valence-electron chi connectivity index (χ4n) is 1.80. The fraction of sp³-hybridized carbons (Fsp3) is 0.538. The third kappa shape index (κ3) is 2.40. The van der Waals surface area contributed by atoms with E-state index in [-0.39, 0.29) is 5.78 Å².